The lowest BCUT2D eigenvalue weighted by molar-refractivity contribution is 0.102. The monoisotopic (exact) mass is 413 g/mol. The van der Waals surface area contributed by atoms with Gasteiger partial charge in [0.05, 0.1) is 5.75 Å². The molecule has 1 aromatic heterocycles. The van der Waals surface area contributed by atoms with Crippen LogP contribution in [0.4, 0.5) is 5.69 Å². The van der Waals surface area contributed by atoms with Crippen LogP contribution < -0.4 is 10.5 Å². The van der Waals surface area contributed by atoms with Crippen LogP contribution >= 0.6 is 11.8 Å². The first kappa shape index (κ1) is 20.1. The highest BCUT2D eigenvalue weighted by Crippen LogP contribution is 2.24. The van der Waals surface area contributed by atoms with E-state index in [1.54, 1.807) is 36.2 Å². The zero-order valence-electron chi connectivity index (χ0n) is 14.9. The van der Waals surface area contributed by atoms with Gasteiger partial charge in [0, 0.05) is 34.3 Å². The van der Waals surface area contributed by atoms with Crippen LogP contribution in [0.2, 0.25) is 0 Å². The van der Waals surface area contributed by atoms with E-state index in [2.05, 4.69) is 10.3 Å². The summed E-state index contributed by atoms with van der Waals surface area (Å²) in [6.07, 6.45) is 3.59. The van der Waals surface area contributed by atoms with Crippen LogP contribution in [0.1, 0.15) is 21.5 Å². The van der Waals surface area contributed by atoms with Crippen LogP contribution in [0.5, 0.6) is 0 Å². The van der Waals surface area contributed by atoms with Crippen LogP contribution in [0.3, 0.4) is 0 Å². The fourth-order valence-corrected chi connectivity index (χ4v) is 4.00. The number of benzene rings is 2. The fourth-order valence-electron chi connectivity index (χ4n) is 2.52. The Balaban J connectivity index is 1.60. The Kier molecular flexibility index (Phi) is 6.45. The maximum Gasteiger partial charge on any atom is 0.255 e. The van der Waals surface area contributed by atoms with Crippen molar-refractivity contribution in [2.45, 2.75) is 16.4 Å². The molecule has 0 spiro atoms. The van der Waals surface area contributed by atoms with Gasteiger partial charge in [-0.15, -0.1) is 11.8 Å². The van der Waals surface area contributed by atoms with E-state index in [4.69, 9.17) is 5.14 Å². The number of hydrogen-bond donors (Lipinski definition) is 2. The third-order valence-corrected chi connectivity index (χ3v) is 5.62. The quantitative estimate of drug-likeness (QED) is 0.578. The van der Waals surface area contributed by atoms with Gasteiger partial charge in [-0.3, -0.25) is 9.78 Å². The molecule has 6 nitrogen and oxygen atoms in total. The highest BCUT2D eigenvalue weighted by Gasteiger charge is 2.10. The molecule has 0 saturated carbocycles. The van der Waals surface area contributed by atoms with Gasteiger partial charge in [0.15, 0.2) is 0 Å². The van der Waals surface area contributed by atoms with Crippen LogP contribution in [-0.4, -0.2) is 19.3 Å². The number of pyridine rings is 1. The van der Waals surface area contributed by atoms with Crippen LogP contribution in [0.15, 0.2) is 78.0 Å². The standard InChI is InChI=1S/C20H19N3O3S2/c21-28(25,26)14-15-3-1-5-17(11-15)20(24)23-18-6-8-19(9-7-18)27-13-16-4-2-10-22-12-16/h1-12H,13-14H2,(H,23,24)(H2,21,25,26). The van der Waals surface area contributed by atoms with Gasteiger partial charge in [-0.25, -0.2) is 13.6 Å². The molecule has 3 rings (SSSR count). The molecule has 0 atom stereocenters. The second-order valence-electron chi connectivity index (χ2n) is 6.14. The molecule has 0 aliphatic heterocycles. The van der Waals surface area contributed by atoms with E-state index in [9.17, 15) is 13.2 Å². The molecule has 2 aromatic carbocycles. The highest BCUT2D eigenvalue weighted by molar-refractivity contribution is 7.98. The molecule has 0 saturated heterocycles. The SMILES string of the molecule is NS(=O)(=O)Cc1cccc(C(=O)Nc2ccc(SCc3cccnc3)cc2)c1. The number of carbonyl (C=O) groups excluding carboxylic acids is 1. The lowest BCUT2D eigenvalue weighted by Crippen LogP contribution is -2.16. The first-order valence-corrected chi connectivity index (χ1v) is 11.1. The van der Waals surface area contributed by atoms with Crippen molar-refractivity contribution in [3.05, 3.63) is 89.7 Å². The zero-order valence-corrected chi connectivity index (χ0v) is 16.5. The molecule has 1 heterocycles. The zero-order chi connectivity index (χ0) is 20.0. The first-order chi connectivity index (χ1) is 13.4. The minimum absolute atomic E-state index is 0.309. The van der Waals surface area contributed by atoms with Crippen molar-refractivity contribution in [2.75, 3.05) is 5.32 Å². The normalized spacial score (nSPS) is 11.2. The van der Waals surface area contributed by atoms with Gasteiger partial charge in [0.25, 0.3) is 5.91 Å². The summed E-state index contributed by atoms with van der Waals surface area (Å²) in [6, 6.07) is 17.9. The molecular weight excluding hydrogens is 394 g/mol. The topological polar surface area (TPSA) is 102 Å². The number of aromatic nitrogens is 1. The summed E-state index contributed by atoms with van der Waals surface area (Å²) in [5.74, 6) is 0.194. The summed E-state index contributed by atoms with van der Waals surface area (Å²) >= 11 is 1.68. The van der Waals surface area contributed by atoms with Gasteiger partial charge in [-0.1, -0.05) is 18.2 Å². The van der Waals surface area contributed by atoms with Gasteiger partial charge in [0.1, 0.15) is 0 Å². The van der Waals surface area contributed by atoms with Crippen LogP contribution in [0.25, 0.3) is 0 Å². The number of carbonyl (C=O) groups is 1. The third kappa shape index (κ3) is 6.19. The maximum absolute atomic E-state index is 12.4. The number of rotatable bonds is 7. The average molecular weight is 414 g/mol. The van der Waals surface area contributed by atoms with Crippen LogP contribution in [-0.2, 0) is 21.5 Å². The molecule has 28 heavy (non-hydrogen) atoms. The molecule has 0 aliphatic carbocycles. The van der Waals surface area contributed by atoms with Crippen molar-refractivity contribution in [1.29, 1.82) is 0 Å². The second kappa shape index (κ2) is 9.01. The number of hydrogen-bond acceptors (Lipinski definition) is 5. The highest BCUT2D eigenvalue weighted by atomic mass is 32.2. The minimum Gasteiger partial charge on any atom is -0.322 e. The molecule has 3 aromatic rings. The van der Waals surface area contributed by atoms with Crippen molar-refractivity contribution >= 4 is 33.4 Å². The summed E-state index contributed by atoms with van der Waals surface area (Å²) in [5, 5.41) is 7.87. The van der Waals surface area contributed by atoms with Crippen molar-refractivity contribution < 1.29 is 13.2 Å². The molecule has 0 aliphatic rings. The van der Waals surface area contributed by atoms with Crippen LogP contribution in [0, 0.1) is 0 Å². The molecule has 144 valence electrons. The average Bonchev–Trinajstić information content (AvgIpc) is 2.67. The Morgan fingerprint density at radius 1 is 1.04 bits per heavy atom. The van der Waals surface area contributed by atoms with Crippen molar-refractivity contribution in [2.24, 2.45) is 5.14 Å². The summed E-state index contributed by atoms with van der Waals surface area (Å²) < 4.78 is 22.4. The number of nitrogens with two attached hydrogens (primary N) is 1. The second-order valence-corrected chi connectivity index (χ2v) is 8.80. The van der Waals surface area contributed by atoms with E-state index >= 15 is 0 Å². The summed E-state index contributed by atoms with van der Waals surface area (Å²) in [6.45, 7) is 0. The minimum atomic E-state index is -3.65. The van der Waals surface area contributed by atoms with E-state index in [1.165, 1.54) is 6.07 Å². The Morgan fingerprint density at radius 2 is 1.79 bits per heavy atom. The Hall–Kier alpha value is -2.68. The van der Waals surface area contributed by atoms with E-state index in [0.29, 0.717) is 16.8 Å². The van der Waals surface area contributed by atoms with E-state index in [-0.39, 0.29) is 11.7 Å². The number of nitrogens with zero attached hydrogens (tertiary/aromatic N) is 1. The smallest absolute Gasteiger partial charge is 0.255 e. The number of primary sulfonamides is 1. The lowest BCUT2D eigenvalue weighted by Gasteiger charge is -2.08. The van der Waals surface area contributed by atoms with Gasteiger partial charge in [-0.2, -0.15) is 0 Å². The summed E-state index contributed by atoms with van der Waals surface area (Å²) in [7, 11) is -3.65. The lowest BCUT2D eigenvalue weighted by atomic mass is 10.1. The molecular formula is C20H19N3O3S2. The Bertz CT molecular complexity index is 1050. The van der Waals surface area contributed by atoms with Crippen molar-refractivity contribution in [3.8, 4) is 0 Å². The van der Waals surface area contributed by atoms with E-state index in [0.717, 1.165) is 16.2 Å². The molecule has 0 unspecified atom stereocenters. The number of anilines is 1. The Morgan fingerprint density at radius 3 is 2.46 bits per heavy atom. The number of nitrogens with one attached hydrogen (secondary N) is 1. The summed E-state index contributed by atoms with van der Waals surface area (Å²) in [4.78, 5) is 17.6. The third-order valence-electron chi connectivity index (χ3n) is 3.80. The Labute approximate surface area is 168 Å². The number of thioether (sulfide) groups is 1. The first-order valence-electron chi connectivity index (χ1n) is 8.41. The molecule has 0 fully saturated rings. The van der Waals surface area contributed by atoms with Gasteiger partial charge < -0.3 is 5.32 Å². The maximum atomic E-state index is 12.4. The molecule has 3 N–H and O–H groups in total. The molecule has 0 radical (unpaired) electrons. The van der Waals surface area contributed by atoms with E-state index in [1.807, 2.05) is 42.6 Å². The van der Waals surface area contributed by atoms with E-state index < -0.39 is 10.0 Å². The van der Waals surface area contributed by atoms with Crippen molar-refractivity contribution in [3.63, 3.8) is 0 Å². The number of sulfonamides is 1. The molecule has 1 amide bonds. The molecule has 0 bridgehead atoms. The predicted molar refractivity (Wildman–Crippen MR) is 111 cm³/mol. The van der Waals surface area contributed by atoms with Gasteiger partial charge in [-0.05, 0) is 53.6 Å². The van der Waals surface area contributed by atoms with Gasteiger partial charge in [0.2, 0.25) is 10.0 Å². The molecule has 8 heteroatoms. The predicted octanol–water partition coefficient (Wildman–Crippen LogP) is 3.41. The van der Waals surface area contributed by atoms with Gasteiger partial charge >= 0.3 is 0 Å². The largest absolute Gasteiger partial charge is 0.322 e. The number of amides is 1. The fraction of sp³-hybridized carbons (Fsp3) is 0.100. The summed E-state index contributed by atoms with van der Waals surface area (Å²) in [5.41, 5.74) is 2.64. The van der Waals surface area contributed by atoms with Crippen molar-refractivity contribution in [1.82, 2.24) is 4.98 Å².